The van der Waals surface area contributed by atoms with Gasteiger partial charge in [0.15, 0.2) is 0 Å². The van der Waals surface area contributed by atoms with E-state index in [1.54, 1.807) is 0 Å². The van der Waals surface area contributed by atoms with E-state index in [-0.39, 0.29) is 24.0 Å². The highest BCUT2D eigenvalue weighted by molar-refractivity contribution is 14.0. The van der Waals surface area contributed by atoms with E-state index >= 15 is 0 Å². The molecule has 0 saturated carbocycles. The molecule has 0 aromatic carbocycles. The van der Waals surface area contributed by atoms with Crippen molar-refractivity contribution in [3.05, 3.63) is 0 Å². The van der Waals surface area contributed by atoms with Gasteiger partial charge in [-0.05, 0) is 27.9 Å². The van der Waals surface area contributed by atoms with Crippen LogP contribution >= 0.6 is 24.0 Å². The van der Waals surface area contributed by atoms with Crippen molar-refractivity contribution in [2.45, 2.75) is 19.9 Å². The summed E-state index contributed by atoms with van der Waals surface area (Å²) in [4.78, 5) is 2.17. The molecule has 0 aliphatic rings. The molecule has 0 heterocycles. The van der Waals surface area contributed by atoms with Crippen LogP contribution in [0.15, 0.2) is 0 Å². The third-order valence-electron chi connectivity index (χ3n) is 1.03. The average Bonchev–Trinajstić information content (AvgIpc) is 1.36. The molecule has 2 heteroatoms. The zero-order valence-electron chi connectivity index (χ0n) is 5.43. The first-order valence-corrected chi connectivity index (χ1v) is 2.31. The van der Waals surface area contributed by atoms with E-state index in [2.05, 4.69) is 32.8 Å². The Labute approximate surface area is 63.1 Å². The highest BCUT2D eigenvalue weighted by Crippen LogP contribution is 1.84. The fourth-order valence-electron chi connectivity index (χ4n) is 0. The lowest BCUT2D eigenvalue weighted by Gasteiger charge is -2.12. The summed E-state index contributed by atoms with van der Waals surface area (Å²) in [5.74, 6) is 0. The Morgan fingerprint density at radius 2 is 1.29 bits per heavy atom. The predicted molar refractivity (Wildman–Crippen MR) is 44.2 cm³/mol. The summed E-state index contributed by atoms with van der Waals surface area (Å²) in [5.41, 5.74) is 0. The van der Waals surface area contributed by atoms with Gasteiger partial charge in [0.1, 0.15) is 0 Å². The van der Waals surface area contributed by atoms with E-state index in [9.17, 15) is 0 Å². The minimum absolute atomic E-state index is 0. The Hall–Kier alpha value is 0.690. The van der Waals surface area contributed by atoms with Crippen LogP contribution in [0.2, 0.25) is 0 Å². The number of rotatable bonds is 1. The Morgan fingerprint density at radius 1 is 1.14 bits per heavy atom. The lowest BCUT2D eigenvalue weighted by Crippen LogP contribution is -2.20. The fourth-order valence-corrected chi connectivity index (χ4v) is 0. The van der Waals surface area contributed by atoms with E-state index < -0.39 is 0 Å². The molecule has 0 aliphatic heterocycles. The van der Waals surface area contributed by atoms with Gasteiger partial charge in [-0.1, -0.05) is 0 Å². The molecular weight excluding hydrogens is 201 g/mol. The number of nitrogens with zero attached hydrogens (tertiary/aromatic N) is 1. The second kappa shape index (κ2) is 4.84. The van der Waals surface area contributed by atoms with E-state index in [0.717, 1.165) is 0 Å². The largest absolute Gasteiger partial charge is 0.307 e. The van der Waals surface area contributed by atoms with Crippen molar-refractivity contribution in [3.8, 4) is 0 Å². The van der Waals surface area contributed by atoms with Crippen LogP contribution in [0.5, 0.6) is 0 Å². The predicted octanol–water partition coefficient (Wildman–Crippen LogP) is 1.57. The van der Waals surface area contributed by atoms with E-state index in [1.807, 2.05) is 0 Å². The monoisotopic (exact) mass is 215 g/mol. The van der Waals surface area contributed by atoms with Crippen molar-refractivity contribution in [2.24, 2.45) is 0 Å². The molecule has 0 aromatic heterocycles. The zero-order valence-corrected chi connectivity index (χ0v) is 7.76. The van der Waals surface area contributed by atoms with Crippen LogP contribution in [0.3, 0.4) is 0 Å². The maximum Gasteiger partial charge on any atom is 0.00324 e. The topological polar surface area (TPSA) is 3.24 Å². The van der Waals surface area contributed by atoms with Gasteiger partial charge in [-0.2, -0.15) is 0 Å². The first-order valence-electron chi connectivity index (χ1n) is 2.31. The Balaban J connectivity index is 0. The van der Waals surface area contributed by atoms with Crippen molar-refractivity contribution in [1.29, 1.82) is 0 Å². The van der Waals surface area contributed by atoms with Crippen LogP contribution in [0.4, 0.5) is 0 Å². The molecule has 0 N–H and O–H groups in total. The minimum atomic E-state index is 0. The van der Waals surface area contributed by atoms with Crippen molar-refractivity contribution < 1.29 is 0 Å². The number of halogens is 1. The van der Waals surface area contributed by atoms with Crippen LogP contribution in [0.25, 0.3) is 0 Å². The Morgan fingerprint density at radius 3 is 1.29 bits per heavy atom. The second-order valence-electron chi connectivity index (χ2n) is 2.06. The molecule has 0 spiro atoms. The fraction of sp³-hybridized carbons (Fsp3) is 1.00. The van der Waals surface area contributed by atoms with Gasteiger partial charge in [-0.15, -0.1) is 24.0 Å². The van der Waals surface area contributed by atoms with Gasteiger partial charge in [0, 0.05) is 6.04 Å². The average molecular weight is 215 g/mol. The summed E-state index contributed by atoms with van der Waals surface area (Å²) in [6, 6.07) is 0.685. The van der Waals surface area contributed by atoms with Gasteiger partial charge in [-0.25, -0.2) is 0 Å². The van der Waals surface area contributed by atoms with Crippen LogP contribution in [-0.4, -0.2) is 25.0 Å². The molecule has 0 unspecified atom stereocenters. The number of hydrogen-bond acceptors (Lipinski definition) is 1. The summed E-state index contributed by atoms with van der Waals surface area (Å²) < 4.78 is 0. The molecule has 1 nitrogen and oxygen atoms in total. The van der Waals surface area contributed by atoms with Gasteiger partial charge < -0.3 is 4.90 Å². The van der Waals surface area contributed by atoms with Crippen LogP contribution in [0, 0.1) is 0 Å². The quantitative estimate of drug-likeness (QED) is 0.600. The third-order valence-corrected chi connectivity index (χ3v) is 1.03. The van der Waals surface area contributed by atoms with Gasteiger partial charge in [0.05, 0.1) is 0 Å². The van der Waals surface area contributed by atoms with Crippen molar-refractivity contribution in [1.82, 2.24) is 4.90 Å². The molecule has 0 aromatic rings. The normalized spacial score (nSPS) is 9.43. The Bertz CT molecular complexity index is 29.1. The first kappa shape index (κ1) is 10.6. The number of hydrogen-bond donors (Lipinski definition) is 0. The summed E-state index contributed by atoms with van der Waals surface area (Å²) in [7, 11) is 4.15. The maximum atomic E-state index is 2.17. The van der Waals surface area contributed by atoms with Gasteiger partial charge in [-0.3, -0.25) is 0 Å². The van der Waals surface area contributed by atoms with Crippen molar-refractivity contribution in [3.63, 3.8) is 0 Å². The summed E-state index contributed by atoms with van der Waals surface area (Å²) in [6.07, 6.45) is 0. The van der Waals surface area contributed by atoms with E-state index in [1.165, 1.54) is 0 Å². The van der Waals surface area contributed by atoms with Gasteiger partial charge in [0.2, 0.25) is 0 Å². The third kappa shape index (κ3) is 6.69. The first-order chi connectivity index (χ1) is 2.64. The minimum Gasteiger partial charge on any atom is -0.307 e. The molecule has 0 aliphatic carbocycles. The van der Waals surface area contributed by atoms with Crippen LogP contribution in [0.1, 0.15) is 13.8 Å². The second-order valence-corrected chi connectivity index (χ2v) is 2.06. The molecule has 0 fully saturated rings. The molecule has 0 bridgehead atoms. The Kier molecular flexibility index (Phi) is 7.35. The molecule has 0 saturated heterocycles. The molecule has 0 amide bonds. The molecular formula is C5H14IN. The molecule has 0 atom stereocenters. The van der Waals surface area contributed by atoms with E-state index in [0.29, 0.717) is 6.04 Å². The highest BCUT2D eigenvalue weighted by atomic mass is 127. The molecule has 7 heavy (non-hydrogen) atoms. The zero-order chi connectivity index (χ0) is 5.15. The SMILES string of the molecule is CC(C)N(C)C.I. The summed E-state index contributed by atoms with van der Waals surface area (Å²) in [6.45, 7) is 4.33. The highest BCUT2D eigenvalue weighted by Gasteiger charge is 1.90. The van der Waals surface area contributed by atoms with E-state index in [4.69, 9.17) is 0 Å². The van der Waals surface area contributed by atoms with Crippen molar-refractivity contribution in [2.75, 3.05) is 14.1 Å². The summed E-state index contributed by atoms with van der Waals surface area (Å²) in [5, 5.41) is 0. The smallest absolute Gasteiger partial charge is 0.00324 e. The van der Waals surface area contributed by atoms with Gasteiger partial charge in [0.25, 0.3) is 0 Å². The van der Waals surface area contributed by atoms with Crippen LogP contribution in [-0.2, 0) is 0 Å². The maximum absolute atomic E-state index is 2.17. The van der Waals surface area contributed by atoms with Gasteiger partial charge >= 0.3 is 0 Å². The lowest BCUT2D eigenvalue weighted by molar-refractivity contribution is 0.335. The molecule has 0 radical (unpaired) electrons. The summed E-state index contributed by atoms with van der Waals surface area (Å²) >= 11 is 0. The van der Waals surface area contributed by atoms with Crippen LogP contribution < -0.4 is 0 Å². The molecule has 0 rings (SSSR count). The standard InChI is InChI=1S/C5H13N.HI/c1-5(2)6(3)4;/h5H,1-4H3;1H. The lowest BCUT2D eigenvalue weighted by atomic mass is 10.4. The van der Waals surface area contributed by atoms with Crippen molar-refractivity contribution >= 4 is 24.0 Å². The molecule has 46 valence electrons.